The Hall–Kier alpha value is -4.49. The van der Waals surface area contributed by atoms with Gasteiger partial charge in [-0.1, -0.05) is 83.9 Å². The first-order valence-corrected chi connectivity index (χ1v) is 13.9. The van der Waals surface area contributed by atoms with Crippen LogP contribution in [0.15, 0.2) is 121 Å². The normalized spacial score (nSPS) is 14.4. The summed E-state index contributed by atoms with van der Waals surface area (Å²) in [5, 5.41) is 3.81. The van der Waals surface area contributed by atoms with E-state index in [0.29, 0.717) is 21.3 Å². The van der Waals surface area contributed by atoms with Crippen molar-refractivity contribution in [2.45, 2.75) is 0 Å². The highest BCUT2D eigenvalue weighted by atomic mass is 35.5. The smallest absolute Gasteiger partial charge is 0.270 e. The van der Waals surface area contributed by atoms with E-state index in [2.05, 4.69) is 9.88 Å². The number of rotatable bonds is 5. The zero-order chi connectivity index (χ0) is 28.5. The number of halogens is 2. The number of hydrogen-bond acceptors (Lipinski definition) is 3. The van der Waals surface area contributed by atoms with Crippen LogP contribution in [0.2, 0.25) is 10.0 Å². The number of carbonyl (C=O) groups excluding carboxylic acids is 2. The molecule has 0 aliphatic carbocycles. The van der Waals surface area contributed by atoms with Crippen LogP contribution in [0.1, 0.15) is 5.56 Å². The maximum atomic E-state index is 13.8. The van der Waals surface area contributed by atoms with Gasteiger partial charge in [-0.2, -0.15) is 0 Å². The van der Waals surface area contributed by atoms with Gasteiger partial charge in [-0.05, 0) is 84.0 Å². The fraction of sp³-hybridized carbons (Fsp3) is 0. The molecule has 1 fully saturated rings. The molecule has 1 N–H and O–H groups in total. The highest BCUT2D eigenvalue weighted by Gasteiger charge is 2.35. The SMILES string of the molecule is O=C1NC(=S)N(c2ccc(Cl)cc2)C(=O)C1=Cc1cc(-c2ccccc2)n(-c2ccc(Cl)cc2)c1-c1ccccc1. The van der Waals surface area contributed by atoms with Gasteiger partial charge in [0, 0.05) is 21.3 Å². The second-order valence-electron chi connectivity index (χ2n) is 9.31. The van der Waals surface area contributed by atoms with Crippen molar-refractivity contribution in [2.24, 2.45) is 0 Å². The fourth-order valence-electron chi connectivity index (χ4n) is 4.85. The summed E-state index contributed by atoms with van der Waals surface area (Å²) in [6.45, 7) is 0. The van der Waals surface area contributed by atoms with Crippen molar-refractivity contribution in [2.75, 3.05) is 4.90 Å². The van der Waals surface area contributed by atoms with Gasteiger partial charge in [0.1, 0.15) is 5.57 Å². The standard InChI is InChI=1S/C33H21Cl2N3O2S/c34-24-11-15-26(16-12-24)37-29(21-7-3-1-4-8-21)20-23(30(37)22-9-5-2-6-10-22)19-28-31(39)36-33(41)38(32(28)40)27-17-13-25(35)14-18-27/h1-20H,(H,36,39,41). The first kappa shape index (κ1) is 26.7. The number of nitrogens with one attached hydrogen (secondary N) is 1. The molecule has 1 aliphatic rings. The van der Waals surface area contributed by atoms with Crippen LogP contribution in [0.5, 0.6) is 0 Å². The van der Waals surface area contributed by atoms with Crippen molar-refractivity contribution in [3.63, 3.8) is 0 Å². The summed E-state index contributed by atoms with van der Waals surface area (Å²) >= 11 is 17.7. The van der Waals surface area contributed by atoms with E-state index in [4.69, 9.17) is 35.4 Å². The average molecular weight is 595 g/mol. The molecule has 0 atom stereocenters. The zero-order valence-electron chi connectivity index (χ0n) is 21.4. The molecule has 5 nitrogen and oxygen atoms in total. The van der Waals surface area contributed by atoms with Crippen LogP contribution < -0.4 is 10.2 Å². The molecule has 0 radical (unpaired) electrons. The van der Waals surface area contributed by atoms with E-state index >= 15 is 0 Å². The predicted octanol–water partition coefficient (Wildman–Crippen LogP) is 7.95. The van der Waals surface area contributed by atoms with Crippen LogP contribution in [0, 0.1) is 0 Å². The van der Waals surface area contributed by atoms with E-state index in [-0.39, 0.29) is 10.7 Å². The molecule has 0 saturated carbocycles. The molecular weight excluding hydrogens is 573 g/mol. The second kappa shape index (κ2) is 11.2. The van der Waals surface area contributed by atoms with Crippen LogP contribution in [-0.4, -0.2) is 21.5 Å². The Morgan fingerprint density at radius 3 is 1.80 bits per heavy atom. The van der Waals surface area contributed by atoms with Crippen LogP contribution >= 0.6 is 35.4 Å². The predicted molar refractivity (Wildman–Crippen MR) is 169 cm³/mol. The summed E-state index contributed by atoms with van der Waals surface area (Å²) < 4.78 is 2.11. The van der Waals surface area contributed by atoms with Gasteiger partial charge in [-0.15, -0.1) is 0 Å². The van der Waals surface area contributed by atoms with Gasteiger partial charge >= 0.3 is 0 Å². The fourth-order valence-corrected chi connectivity index (χ4v) is 5.38. The molecule has 0 spiro atoms. The molecule has 0 unspecified atom stereocenters. The van der Waals surface area contributed by atoms with Crippen molar-refractivity contribution >= 4 is 64.1 Å². The number of nitrogens with zero attached hydrogens (tertiary/aromatic N) is 2. The van der Waals surface area contributed by atoms with E-state index in [0.717, 1.165) is 28.2 Å². The second-order valence-corrected chi connectivity index (χ2v) is 10.6. The van der Waals surface area contributed by atoms with Crippen molar-refractivity contribution < 1.29 is 9.59 Å². The molecule has 6 rings (SSSR count). The molecule has 2 amide bonds. The first-order chi connectivity index (χ1) is 19.9. The number of anilines is 1. The number of amides is 2. The lowest BCUT2D eigenvalue weighted by Gasteiger charge is -2.29. The molecule has 41 heavy (non-hydrogen) atoms. The summed E-state index contributed by atoms with van der Waals surface area (Å²) in [6.07, 6.45) is 1.63. The van der Waals surface area contributed by atoms with E-state index < -0.39 is 11.8 Å². The molecule has 5 aromatic rings. The molecule has 0 bridgehead atoms. The third-order valence-corrected chi connectivity index (χ3v) is 7.51. The van der Waals surface area contributed by atoms with Gasteiger partial charge < -0.3 is 4.57 Å². The van der Waals surface area contributed by atoms with Gasteiger partial charge in [-0.25, -0.2) is 0 Å². The Morgan fingerprint density at radius 2 is 1.22 bits per heavy atom. The maximum absolute atomic E-state index is 13.8. The Morgan fingerprint density at radius 1 is 0.683 bits per heavy atom. The molecule has 1 aromatic heterocycles. The van der Waals surface area contributed by atoms with Crippen LogP contribution in [0.4, 0.5) is 5.69 Å². The van der Waals surface area contributed by atoms with Gasteiger partial charge in [0.15, 0.2) is 5.11 Å². The number of hydrogen-bond donors (Lipinski definition) is 1. The van der Waals surface area contributed by atoms with Crippen molar-refractivity contribution in [1.82, 2.24) is 9.88 Å². The van der Waals surface area contributed by atoms with Crippen molar-refractivity contribution in [1.29, 1.82) is 0 Å². The number of thiocarbonyl (C=S) groups is 1. The summed E-state index contributed by atoms with van der Waals surface area (Å²) in [5.41, 5.74) is 5.59. The molecule has 1 saturated heterocycles. The molecule has 200 valence electrons. The van der Waals surface area contributed by atoms with Crippen LogP contribution in [0.3, 0.4) is 0 Å². The molecule has 4 aromatic carbocycles. The monoisotopic (exact) mass is 593 g/mol. The summed E-state index contributed by atoms with van der Waals surface area (Å²) in [5.74, 6) is -1.09. The average Bonchev–Trinajstić information content (AvgIpc) is 3.36. The summed E-state index contributed by atoms with van der Waals surface area (Å²) in [7, 11) is 0. The summed E-state index contributed by atoms with van der Waals surface area (Å²) in [4.78, 5) is 28.3. The number of carbonyl (C=O) groups is 2. The Bertz CT molecular complexity index is 1810. The minimum Gasteiger partial charge on any atom is -0.309 e. The van der Waals surface area contributed by atoms with Crippen molar-refractivity contribution in [3.05, 3.63) is 136 Å². The molecule has 2 heterocycles. The Labute approximate surface area is 252 Å². The largest absolute Gasteiger partial charge is 0.309 e. The van der Waals surface area contributed by atoms with Gasteiger partial charge in [0.2, 0.25) is 0 Å². The highest BCUT2D eigenvalue weighted by Crippen LogP contribution is 2.38. The number of aromatic nitrogens is 1. The van der Waals surface area contributed by atoms with Crippen molar-refractivity contribution in [3.8, 4) is 28.2 Å². The Balaban J connectivity index is 1.59. The van der Waals surface area contributed by atoms with E-state index in [1.165, 1.54) is 4.90 Å². The quantitative estimate of drug-likeness (QED) is 0.128. The molecule has 1 aliphatic heterocycles. The van der Waals surface area contributed by atoms with E-state index in [1.807, 2.05) is 91.0 Å². The number of benzene rings is 4. The third kappa shape index (κ3) is 5.21. The lowest BCUT2D eigenvalue weighted by atomic mass is 10.0. The Kier molecular flexibility index (Phi) is 7.28. The molecular formula is C33H21Cl2N3O2S. The lowest BCUT2D eigenvalue weighted by molar-refractivity contribution is -0.122. The van der Waals surface area contributed by atoms with Crippen LogP contribution in [0.25, 0.3) is 34.3 Å². The third-order valence-electron chi connectivity index (χ3n) is 6.72. The lowest BCUT2D eigenvalue weighted by Crippen LogP contribution is -2.54. The van der Waals surface area contributed by atoms with Gasteiger partial charge in [0.05, 0.1) is 17.1 Å². The minimum absolute atomic E-state index is 0.00599. The van der Waals surface area contributed by atoms with Gasteiger partial charge in [0.25, 0.3) is 11.8 Å². The van der Waals surface area contributed by atoms with E-state index in [1.54, 1.807) is 30.3 Å². The zero-order valence-corrected chi connectivity index (χ0v) is 23.8. The maximum Gasteiger partial charge on any atom is 0.270 e. The highest BCUT2D eigenvalue weighted by molar-refractivity contribution is 7.80. The van der Waals surface area contributed by atoms with E-state index in [9.17, 15) is 9.59 Å². The molecule has 8 heteroatoms. The minimum atomic E-state index is -0.565. The topological polar surface area (TPSA) is 54.3 Å². The van der Waals surface area contributed by atoms with Gasteiger partial charge in [-0.3, -0.25) is 19.8 Å². The summed E-state index contributed by atoms with van der Waals surface area (Å²) in [6, 6.07) is 36.0. The van der Waals surface area contributed by atoms with Crippen LogP contribution in [-0.2, 0) is 9.59 Å². The first-order valence-electron chi connectivity index (χ1n) is 12.7.